The third-order valence-corrected chi connectivity index (χ3v) is 5.27. The van der Waals surface area contributed by atoms with Crippen LogP contribution in [0.3, 0.4) is 0 Å². The van der Waals surface area contributed by atoms with Crippen LogP contribution in [0.25, 0.3) is 0 Å². The number of rotatable bonds is 6. The quantitative estimate of drug-likeness (QED) is 0.783. The molecule has 0 spiro atoms. The molecule has 0 aliphatic carbocycles. The Bertz CT molecular complexity index is 627. The first-order valence-electron chi connectivity index (χ1n) is 8.98. The SMILES string of the molecule is COCC1(CNC(=O)CN2C(=O)CCc3ccccc32)CCNCC1.Cl. The molecule has 2 amide bonds. The van der Waals surface area contributed by atoms with E-state index in [1.165, 1.54) is 0 Å². The maximum atomic E-state index is 12.5. The topological polar surface area (TPSA) is 70.7 Å². The van der Waals surface area contributed by atoms with Crippen molar-refractivity contribution in [3.8, 4) is 0 Å². The lowest BCUT2D eigenvalue weighted by Crippen LogP contribution is -2.49. The van der Waals surface area contributed by atoms with E-state index >= 15 is 0 Å². The largest absolute Gasteiger partial charge is 0.384 e. The Kier molecular flexibility index (Phi) is 7.43. The van der Waals surface area contributed by atoms with Crippen LogP contribution in [-0.2, 0) is 20.7 Å². The van der Waals surface area contributed by atoms with Crippen molar-refractivity contribution in [1.29, 1.82) is 0 Å². The van der Waals surface area contributed by atoms with Gasteiger partial charge in [0.05, 0.1) is 6.61 Å². The van der Waals surface area contributed by atoms with Crippen LogP contribution in [0.4, 0.5) is 5.69 Å². The molecule has 2 heterocycles. The molecule has 0 atom stereocenters. The summed E-state index contributed by atoms with van der Waals surface area (Å²) in [5, 5.41) is 6.38. The predicted octanol–water partition coefficient (Wildman–Crippen LogP) is 1.52. The molecule has 3 rings (SSSR count). The normalized spacial score (nSPS) is 18.7. The number of halogens is 1. The molecule has 2 aliphatic rings. The minimum absolute atomic E-state index is 0. The van der Waals surface area contributed by atoms with Crippen LogP contribution in [0.5, 0.6) is 0 Å². The van der Waals surface area contributed by atoms with E-state index < -0.39 is 0 Å². The summed E-state index contributed by atoms with van der Waals surface area (Å²) >= 11 is 0. The van der Waals surface area contributed by atoms with E-state index in [9.17, 15) is 9.59 Å². The first-order valence-corrected chi connectivity index (χ1v) is 8.98. The molecule has 7 heteroatoms. The van der Waals surface area contributed by atoms with E-state index in [4.69, 9.17) is 4.74 Å². The predicted molar refractivity (Wildman–Crippen MR) is 104 cm³/mol. The van der Waals surface area contributed by atoms with Crippen molar-refractivity contribution >= 4 is 29.9 Å². The monoisotopic (exact) mass is 381 g/mol. The Balaban J connectivity index is 0.00000243. The summed E-state index contributed by atoms with van der Waals surface area (Å²) in [6, 6.07) is 7.82. The standard InChI is InChI=1S/C19H27N3O3.ClH/c1-25-14-19(8-10-20-11-9-19)13-21-17(23)12-22-16-5-3-2-4-15(16)6-7-18(22)24;/h2-5,20H,6-14H2,1H3,(H,21,23);1H. The zero-order chi connectivity index (χ0) is 17.7. The van der Waals surface area contributed by atoms with Crippen LogP contribution >= 0.6 is 12.4 Å². The number of anilines is 1. The number of aryl methyl sites for hydroxylation is 1. The fourth-order valence-electron chi connectivity index (χ4n) is 3.79. The molecule has 6 nitrogen and oxygen atoms in total. The number of amides is 2. The van der Waals surface area contributed by atoms with Gasteiger partial charge in [0.25, 0.3) is 0 Å². The number of piperidine rings is 1. The number of hydrogen-bond acceptors (Lipinski definition) is 4. The van der Waals surface area contributed by atoms with Crippen molar-refractivity contribution in [3.63, 3.8) is 0 Å². The van der Waals surface area contributed by atoms with Crippen molar-refractivity contribution in [2.24, 2.45) is 5.41 Å². The molecule has 2 aliphatic heterocycles. The maximum absolute atomic E-state index is 12.5. The third-order valence-electron chi connectivity index (χ3n) is 5.27. The smallest absolute Gasteiger partial charge is 0.240 e. The highest BCUT2D eigenvalue weighted by Crippen LogP contribution is 2.29. The summed E-state index contributed by atoms with van der Waals surface area (Å²) < 4.78 is 5.39. The Morgan fingerprint density at radius 3 is 2.73 bits per heavy atom. The Morgan fingerprint density at radius 2 is 2.00 bits per heavy atom. The molecular weight excluding hydrogens is 354 g/mol. The molecule has 0 bridgehead atoms. The Hall–Kier alpha value is -1.63. The number of nitrogens with zero attached hydrogens (tertiary/aromatic N) is 1. The highest BCUT2D eigenvalue weighted by atomic mass is 35.5. The first-order chi connectivity index (χ1) is 12.1. The van der Waals surface area contributed by atoms with Gasteiger partial charge in [-0.3, -0.25) is 9.59 Å². The lowest BCUT2D eigenvalue weighted by atomic mass is 9.79. The van der Waals surface area contributed by atoms with Gasteiger partial charge in [0, 0.05) is 31.2 Å². The number of hydrogen-bond donors (Lipinski definition) is 2. The Morgan fingerprint density at radius 1 is 1.27 bits per heavy atom. The Labute approximate surface area is 161 Å². The van der Waals surface area contributed by atoms with Gasteiger partial charge in [-0.2, -0.15) is 0 Å². The summed E-state index contributed by atoms with van der Waals surface area (Å²) in [6.45, 7) is 3.19. The molecule has 1 aromatic carbocycles. The van der Waals surface area contributed by atoms with Gasteiger partial charge in [-0.05, 0) is 44.0 Å². The lowest BCUT2D eigenvalue weighted by molar-refractivity contribution is -0.124. The van der Waals surface area contributed by atoms with Gasteiger partial charge in [-0.1, -0.05) is 18.2 Å². The van der Waals surface area contributed by atoms with Gasteiger partial charge in [0.15, 0.2) is 0 Å². The summed E-state index contributed by atoms with van der Waals surface area (Å²) in [5.41, 5.74) is 1.98. The summed E-state index contributed by atoms with van der Waals surface area (Å²) in [6.07, 6.45) is 3.17. The van der Waals surface area contributed by atoms with Crippen molar-refractivity contribution in [3.05, 3.63) is 29.8 Å². The highest BCUT2D eigenvalue weighted by molar-refractivity contribution is 6.01. The van der Waals surface area contributed by atoms with Gasteiger partial charge in [0.1, 0.15) is 6.54 Å². The second kappa shape index (κ2) is 9.35. The number of benzene rings is 1. The van der Waals surface area contributed by atoms with E-state index in [0.29, 0.717) is 19.6 Å². The van der Waals surface area contributed by atoms with E-state index in [1.54, 1.807) is 12.0 Å². The molecular formula is C19H28ClN3O3. The van der Waals surface area contributed by atoms with Gasteiger partial charge in [0.2, 0.25) is 11.8 Å². The molecule has 2 N–H and O–H groups in total. The number of fused-ring (bicyclic) bond motifs is 1. The molecule has 1 saturated heterocycles. The number of ether oxygens (including phenoxy) is 1. The summed E-state index contributed by atoms with van der Waals surface area (Å²) in [4.78, 5) is 26.4. The highest BCUT2D eigenvalue weighted by Gasteiger charge is 2.33. The number of para-hydroxylation sites is 1. The van der Waals surface area contributed by atoms with E-state index in [2.05, 4.69) is 10.6 Å². The van der Waals surface area contributed by atoms with Gasteiger partial charge < -0.3 is 20.3 Å². The van der Waals surface area contributed by atoms with E-state index in [-0.39, 0.29) is 36.2 Å². The molecule has 1 fully saturated rings. The van der Waals surface area contributed by atoms with Crippen molar-refractivity contribution in [2.45, 2.75) is 25.7 Å². The average molecular weight is 382 g/mol. The first kappa shape index (κ1) is 20.7. The van der Waals surface area contributed by atoms with Gasteiger partial charge >= 0.3 is 0 Å². The fourth-order valence-corrected chi connectivity index (χ4v) is 3.79. The van der Waals surface area contributed by atoms with Crippen molar-refractivity contribution in [2.75, 3.05) is 44.8 Å². The molecule has 0 saturated carbocycles. The average Bonchev–Trinajstić information content (AvgIpc) is 2.64. The van der Waals surface area contributed by atoms with Gasteiger partial charge in [-0.25, -0.2) is 0 Å². The summed E-state index contributed by atoms with van der Waals surface area (Å²) in [5.74, 6) is -0.0959. The van der Waals surface area contributed by atoms with Crippen molar-refractivity contribution < 1.29 is 14.3 Å². The minimum Gasteiger partial charge on any atom is -0.384 e. The molecule has 144 valence electrons. The second-order valence-corrected chi connectivity index (χ2v) is 7.07. The van der Waals surface area contributed by atoms with Crippen LogP contribution in [0, 0.1) is 5.41 Å². The lowest BCUT2D eigenvalue weighted by Gasteiger charge is -2.37. The van der Waals surface area contributed by atoms with Crippen LogP contribution in [0.2, 0.25) is 0 Å². The molecule has 1 aromatic rings. The molecule has 0 unspecified atom stereocenters. The van der Waals surface area contributed by atoms with Crippen LogP contribution in [-0.4, -0.2) is 51.7 Å². The number of carbonyl (C=O) groups is 2. The van der Waals surface area contributed by atoms with Crippen LogP contribution in [0.1, 0.15) is 24.8 Å². The van der Waals surface area contributed by atoms with E-state index in [0.717, 1.165) is 43.6 Å². The van der Waals surface area contributed by atoms with Crippen LogP contribution in [0.15, 0.2) is 24.3 Å². The zero-order valence-corrected chi connectivity index (χ0v) is 16.1. The minimum atomic E-state index is -0.112. The van der Waals surface area contributed by atoms with Crippen molar-refractivity contribution in [1.82, 2.24) is 10.6 Å². The van der Waals surface area contributed by atoms with Crippen LogP contribution < -0.4 is 15.5 Å². The zero-order valence-electron chi connectivity index (χ0n) is 15.3. The molecule has 0 radical (unpaired) electrons. The van der Waals surface area contributed by atoms with E-state index in [1.807, 2.05) is 24.3 Å². The number of carbonyl (C=O) groups excluding carboxylic acids is 2. The number of methoxy groups -OCH3 is 1. The molecule has 26 heavy (non-hydrogen) atoms. The maximum Gasteiger partial charge on any atom is 0.240 e. The second-order valence-electron chi connectivity index (χ2n) is 7.07. The number of nitrogens with one attached hydrogen (secondary N) is 2. The third kappa shape index (κ3) is 4.75. The van der Waals surface area contributed by atoms with Gasteiger partial charge in [-0.15, -0.1) is 12.4 Å². The molecule has 0 aromatic heterocycles. The summed E-state index contributed by atoms with van der Waals surface area (Å²) in [7, 11) is 1.70. The fraction of sp³-hybridized carbons (Fsp3) is 0.579.